The minimum absolute atomic E-state index is 0.0898. The van der Waals surface area contributed by atoms with Crippen LogP contribution < -0.4 is 10.2 Å². The molecule has 0 aliphatic heterocycles. The summed E-state index contributed by atoms with van der Waals surface area (Å²) in [6.07, 6.45) is 0. The summed E-state index contributed by atoms with van der Waals surface area (Å²) in [5, 5.41) is 8.77. The van der Waals surface area contributed by atoms with Gasteiger partial charge in [-0.05, 0) is 18.6 Å². The van der Waals surface area contributed by atoms with Crippen LogP contribution in [0, 0.1) is 12.7 Å². The Balaban J connectivity index is 3.32. The fraction of sp³-hybridized carbons (Fsp3) is 0.333. The molecule has 0 atom stereocenters. The molecule has 0 saturated heterocycles. The second-order valence-electron chi connectivity index (χ2n) is 2.81. The molecule has 0 spiro atoms. The summed E-state index contributed by atoms with van der Waals surface area (Å²) in [5.74, 6) is -0.0341. The third-order valence-corrected chi connectivity index (χ3v) is 2.30. The summed E-state index contributed by atoms with van der Waals surface area (Å²) in [6, 6.07) is 1.19. The lowest BCUT2D eigenvalue weighted by Crippen LogP contribution is -2.10. The molecule has 1 rings (SSSR count). The van der Waals surface area contributed by atoms with Crippen LogP contribution in [-0.4, -0.2) is 12.3 Å². The molecule has 5 heteroatoms. The van der Waals surface area contributed by atoms with Crippen LogP contribution in [0.15, 0.2) is 6.07 Å². The van der Waals surface area contributed by atoms with Gasteiger partial charge >= 0.3 is 0 Å². The second-order valence-corrected chi connectivity index (χ2v) is 3.22. The van der Waals surface area contributed by atoms with E-state index in [0.717, 1.165) is 0 Å². The van der Waals surface area contributed by atoms with Gasteiger partial charge in [0.15, 0.2) is 0 Å². The summed E-state index contributed by atoms with van der Waals surface area (Å²) < 4.78 is 18.2. The number of hydrogen-bond acceptors (Lipinski definition) is 3. The number of benzene rings is 1. The summed E-state index contributed by atoms with van der Waals surface area (Å²) >= 11 is 5.77. The standard InChI is InChI=1S/C9H11ClFNO2/c1-5-6(4-12-13)9(14-2)7(10)3-8(5)11/h3,12-13H,4H2,1-2H3. The predicted molar refractivity (Wildman–Crippen MR) is 51.3 cm³/mol. The van der Waals surface area contributed by atoms with Crippen molar-refractivity contribution >= 4 is 11.6 Å². The maximum atomic E-state index is 13.2. The Labute approximate surface area is 86.4 Å². The first-order chi connectivity index (χ1) is 6.61. The van der Waals surface area contributed by atoms with Gasteiger partial charge in [0.1, 0.15) is 11.6 Å². The van der Waals surface area contributed by atoms with Crippen molar-refractivity contribution in [2.24, 2.45) is 0 Å². The molecule has 0 unspecified atom stereocenters. The highest BCUT2D eigenvalue weighted by atomic mass is 35.5. The van der Waals surface area contributed by atoms with Gasteiger partial charge in [-0.1, -0.05) is 11.6 Å². The first-order valence-electron chi connectivity index (χ1n) is 4.00. The minimum Gasteiger partial charge on any atom is -0.495 e. The van der Waals surface area contributed by atoms with Crippen molar-refractivity contribution in [3.8, 4) is 5.75 Å². The molecule has 0 radical (unpaired) electrons. The van der Waals surface area contributed by atoms with Crippen LogP contribution in [0.1, 0.15) is 11.1 Å². The van der Waals surface area contributed by atoms with Gasteiger partial charge in [0.25, 0.3) is 0 Å². The number of nitrogens with one attached hydrogen (secondary N) is 1. The quantitative estimate of drug-likeness (QED) is 0.767. The van der Waals surface area contributed by atoms with Gasteiger partial charge in [0.05, 0.1) is 12.1 Å². The van der Waals surface area contributed by atoms with Crippen LogP contribution in [-0.2, 0) is 6.54 Å². The van der Waals surface area contributed by atoms with E-state index in [1.54, 1.807) is 6.92 Å². The van der Waals surface area contributed by atoms with E-state index in [-0.39, 0.29) is 11.6 Å². The van der Waals surface area contributed by atoms with Crippen molar-refractivity contribution in [3.05, 3.63) is 28.0 Å². The Morgan fingerprint density at radius 1 is 1.64 bits per heavy atom. The molecule has 0 aliphatic carbocycles. The Morgan fingerprint density at radius 2 is 2.29 bits per heavy atom. The topological polar surface area (TPSA) is 41.5 Å². The van der Waals surface area contributed by atoms with Gasteiger partial charge in [-0.25, -0.2) is 9.87 Å². The van der Waals surface area contributed by atoms with E-state index < -0.39 is 5.82 Å². The SMILES string of the molecule is COc1c(Cl)cc(F)c(C)c1CNO. The molecule has 14 heavy (non-hydrogen) atoms. The zero-order chi connectivity index (χ0) is 10.7. The number of halogens is 2. The Bertz CT molecular complexity index is 344. The Morgan fingerprint density at radius 3 is 2.79 bits per heavy atom. The number of methoxy groups -OCH3 is 1. The van der Waals surface area contributed by atoms with E-state index in [1.165, 1.54) is 13.2 Å². The number of hydroxylamine groups is 1. The predicted octanol–water partition coefficient (Wildman–Crippen LogP) is 2.27. The highest BCUT2D eigenvalue weighted by Crippen LogP contribution is 2.32. The molecule has 78 valence electrons. The van der Waals surface area contributed by atoms with Gasteiger partial charge < -0.3 is 9.94 Å². The van der Waals surface area contributed by atoms with Crippen LogP contribution in [0.25, 0.3) is 0 Å². The number of hydrogen-bond donors (Lipinski definition) is 2. The molecule has 1 aromatic rings. The molecule has 0 amide bonds. The molecule has 0 fully saturated rings. The first-order valence-corrected chi connectivity index (χ1v) is 4.38. The smallest absolute Gasteiger partial charge is 0.142 e. The fourth-order valence-electron chi connectivity index (χ4n) is 1.26. The summed E-state index contributed by atoms with van der Waals surface area (Å²) in [5.41, 5.74) is 2.87. The molecule has 0 bridgehead atoms. The maximum absolute atomic E-state index is 13.2. The van der Waals surface area contributed by atoms with Gasteiger partial charge in [-0.3, -0.25) is 0 Å². The van der Waals surface area contributed by atoms with Crippen molar-refractivity contribution in [2.45, 2.75) is 13.5 Å². The first kappa shape index (κ1) is 11.2. The van der Waals surface area contributed by atoms with Crippen LogP contribution in [0.2, 0.25) is 5.02 Å². The average Bonchev–Trinajstić information content (AvgIpc) is 2.14. The van der Waals surface area contributed by atoms with Crippen LogP contribution in [0.3, 0.4) is 0 Å². The van der Waals surface area contributed by atoms with E-state index in [2.05, 4.69) is 0 Å². The summed E-state index contributed by atoms with van der Waals surface area (Å²) in [7, 11) is 1.44. The van der Waals surface area contributed by atoms with Crippen LogP contribution >= 0.6 is 11.6 Å². The Hall–Kier alpha value is -0.840. The van der Waals surface area contributed by atoms with Gasteiger partial charge in [-0.2, -0.15) is 0 Å². The molecular weight excluding hydrogens is 209 g/mol. The number of ether oxygens (including phenoxy) is 1. The minimum atomic E-state index is -0.416. The van der Waals surface area contributed by atoms with Gasteiger partial charge in [-0.15, -0.1) is 0 Å². The van der Waals surface area contributed by atoms with E-state index in [9.17, 15) is 4.39 Å². The molecule has 0 aliphatic rings. The lowest BCUT2D eigenvalue weighted by atomic mass is 10.1. The van der Waals surface area contributed by atoms with Crippen molar-refractivity contribution in [1.29, 1.82) is 0 Å². The van der Waals surface area contributed by atoms with Gasteiger partial charge in [0.2, 0.25) is 0 Å². The van der Waals surface area contributed by atoms with Crippen LogP contribution in [0.5, 0.6) is 5.75 Å². The van der Waals surface area contributed by atoms with E-state index in [1.807, 2.05) is 5.48 Å². The molecule has 2 N–H and O–H groups in total. The zero-order valence-electron chi connectivity index (χ0n) is 7.90. The highest BCUT2D eigenvalue weighted by Gasteiger charge is 2.14. The largest absolute Gasteiger partial charge is 0.495 e. The van der Waals surface area contributed by atoms with E-state index in [0.29, 0.717) is 16.9 Å². The third-order valence-electron chi connectivity index (χ3n) is 2.02. The summed E-state index contributed by atoms with van der Waals surface area (Å²) in [6.45, 7) is 1.69. The lowest BCUT2D eigenvalue weighted by Gasteiger charge is -2.13. The number of rotatable bonds is 3. The third kappa shape index (κ3) is 1.97. The highest BCUT2D eigenvalue weighted by molar-refractivity contribution is 6.32. The van der Waals surface area contributed by atoms with Crippen molar-refractivity contribution in [2.75, 3.05) is 7.11 Å². The van der Waals surface area contributed by atoms with Gasteiger partial charge in [0, 0.05) is 12.1 Å². The molecule has 0 aromatic heterocycles. The molecular formula is C9H11ClFNO2. The van der Waals surface area contributed by atoms with E-state index >= 15 is 0 Å². The normalized spacial score (nSPS) is 10.4. The zero-order valence-corrected chi connectivity index (χ0v) is 8.65. The maximum Gasteiger partial charge on any atom is 0.142 e. The Kier molecular flexibility index (Phi) is 3.69. The monoisotopic (exact) mass is 219 g/mol. The fourth-order valence-corrected chi connectivity index (χ4v) is 1.54. The lowest BCUT2D eigenvalue weighted by molar-refractivity contribution is 0.159. The van der Waals surface area contributed by atoms with Crippen molar-refractivity contribution in [1.82, 2.24) is 5.48 Å². The molecule has 0 heterocycles. The molecule has 0 saturated carbocycles. The summed E-state index contributed by atoms with van der Waals surface area (Å²) in [4.78, 5) is 0. The second kappa shape index (κ2) is 4.59. The average molecular weight is 220 g/mol. The molecule has 3 nitrogen and oxygen atoms in total. The van der Waals surface area contributed by atoms with Crippen molar-refractivity contribution < 1.29 is 14.3 Å². The van der Waals surface area contributed by atoms with Crippen molar-refractivity contribution in [3.63, 3.8) is 0 Å². The van der Waals surface area contributed by atoms with E-state index in [4.69, 9.17) is 21.5 Å². The molecule has 1 aromatic carbocycles. The van der Waals surface area contributed by atoms with Crippen LogP contribution in [0.4, 0.5) is 4.39 Å².